The molecule has 0 aliphatic carbocycles. The third-order valence-electron chi connectivity index (χ3n) is 2.98. The molecule has 1 aromatic carbocycles. The van der Waals surface area contributed by atoms with Gasteiger partial charge in [0.1, 0.15) is 0 Å². The Labute approximate surface area is 130 Å². The van der Waals surface area contributed by atoms with Crippen molar-refractivity contribution >= 4 is 43.7 Å². The third-order valence-corrected chi connectivity index (χ3v) is 6.90. The third kappa shape index (κ3) is 3.36. The molecule has 2 rings (SSSR count). The highest BCUT2D eigenvalue weighted by atomic mass is 79.9. The minimum absolute atomic E-state index is 0.0576. The second-order valence-corrected chi connectivity index (χ2v) is 8.31. The van der Waals surface area contributed by atoms with E-state index in [0.29, 0.717) is 13.1 Å². The number of hydrogen-bond acceptors (Lipinski definition) is 4. The number of thioether (sulfide) groups is 1. The first-order valence-corrected chi connectivity index (χ1v) is 9.42. The molecule has 1 saturated heterocycles. The van der Waals surface area contributed by atoms with Crippen LogP contribution in [0.5, 0.6) is 0 Å². The molecule has 110 valence electrons. The first-order chi connectivity index (χ1) is 9.43. The summed E-state index contributed by atoms with van der Waals surface area (Å²) in [6.45, 7) is 0.989. The summed E-state index contributed by atoms with van der Waals surface area (Å²) in [7, 11) is -3.58. The summed E-state index contributed by atoms with van der Waals surface area (Å²) in [5, 5.41) is 8.91. The second kappa shape index (κ2) is 6.46. The van der Waals surface area contributed by atoms with Gasteiger partial charge in [-0.2, -0.15) is 16.1 Å². The van der Waals surface area contributed by atoms with E-state index in [-0.39, 0.29) is 14.9 Å². The van der Waals surface area contributed by atoms with E-state index in [2.05, 4.69) is 15.9 Å². The lowest BCUT2D eigenvalue weighted by atomic mass is 10.2. The van der Waals surface area contributed by atoms with E-state index in [1.54, 1.807) is 11.8 Å². The molecule has 0 unspecified atom stereocenters. The Morgan fingerprint density at radius 2 is 2.05 bits per heavy atom. The number of aromatic carboxylic acids is 1. The lowest BCUT2D eigenvalue weighted by Crippen LogP contribution is -2.33. The van der Waals surface area contributed by atoms with Gasteiger partial charge in [0.05, 0.1) is 10.5 Å². The fraction of sp³-hybridized carbons (Fsp3) is 0.417. The minimum atomic E-state index is -3.58. The largest absolute Gasteiger partial charge is 0.478 e. The minimum Gasteiger partial charge on any atom is -0.478 e. The molecule has 0 saturated carbocycles. The van der Waals surface area contributed by atoms with Crippen LogP contribution in [0.3, 0.4) is 0 Å². The van der Waals surface area contributed by atoms with Gasteiger partial charge in [-0.1, -0.05) is 0 Å². The van der Waals surface area contributed by atoms with Crippen molar-refractivity contribution in [1.29, 1.82) is 0 Å². The Kier molecular flexibility index (Phi) is 5.11. The maximum Gasteiger partial charge on any atom is 0.335 e. The number of carbonyl (C=O) groups is 1. The zero-order valence-corrected chi connectivity index (χ0v) is 13.8. The summed E-state index contributed by atoms with van der Waals surface area (Å²) in [6.07, 6.45) is 0.828. The normalized spacial score (nSPS) is 17.6. The van der Waals surface area contributed by atoms with Gasteiger partial charge in [-0.3, -0.25) is 0 Å². The van der Waals surface area contributed by atoms with Crippen LogP contribution in [-0.4, -0.2) is 48.4 Å². The van der Waals surface area contributed by atoms with Gasteiger partial charge in [0.2, 0.25) is 10.0 Å². The molecule has 0 atom stereocenters. The zero-order chi connectivity index (χ0) is 14.8. The van der Waals surface area contributed by atoms with Crippen LogP contribution in [-0.2, 0) is 10.0 Å². The van der Waals surface area contributed by atoms with Crippen molar-refractivity contribution < 1.29 is 18.3 Å². The van der Waals surface area contributed by atoms with Crippen LogP contribution in [0.2, 0.25) is 0 Å². The molecule has 8 heteroatoms. The van der Waals surface area contributed by atoms with Gasteiger partial charge in [0, 0.05) is 23.3 Å². The van der Waals surface area contributed by atoms with E-state index in [4.69, 9.17) is 5.11 Å². The molecular weight excluding hydrogens is 366 g/mol. The van der Waals surface area contributed by atoms with Crippen molar-refractivity contribution in [2.75, 3.05) is 24.6 Å². The van der Waals surface area contributed by atoms with Gasteiger partial charge in [-0.15, -0.1) is 0 Å². The van der Waals surface area contributed by atoms with Crippen molar-refractivity contribution in [3.8, 4) is 0 Å². The summed E-state index contributed by atoms with van der Waals surface area (Å²) in [5.74, 6) is 0.663. The van der Waals surface area contributed by atoms with Gasteiger partial charge < -0.3 is 5.11 Å². The number of benzene rings is 1. The van der Waals surface area contributed by atoms with Crippen LogP contribution >= 0.6 is 27.7 Å². The molecule has 0 spiro atoms. The highest BCUT2D eigenvalue weighted by molar-refractivity contribution is 9.10. The summed E-state index contributed by atoms with van der Waals surface area (Å²) in [5.41, 5.74) is 0.0576. The molecular formula is C12H14BrNO4S2. The molecule has 0 bridgehead atoms. The number of sulfonamides is 1. The molecule has 1 aliphatic rings. The van der Waals surface area contributed by atoms with Gasteiger partial charge in [0.15, 0.2) is 0 Å². The highest BCUT2D eigenvalue weighted by Crippen LogP contribution is 2.27. The predicted octanol–water partition coefficient (Wildman–Crippen LogP) is 2.27. The molecule has 1 aromatic rings. The van der Waals surface area contributed by atoms with Crippen molar-refractivity contribution in [1.82, 2.24) is 4.31 Å². The highest BCUT2D eigenvalue weighted by Gasteiger charge is 2.27. The smallest absolute Gasteiger partial charge is 0.335 e. The molecule has 1 aliphatic heterocycles. The monoisotopic (exact) mass is 379 g/mol. The Balaban J connectivity index is 2.36. The topological polar surface area (TPSA) is 74.7 Å². The molecule has 0 radical (unpaired) electrons. The van der Waals surface area contributed by atoms with Gasteiger partial charge >= 0.3 is 5.97 Å². The quantitative estimate of drug-likeness (QED) is 0.871. The van der Waals surface area contributed by atoms with E-state index >= 15 is 0 Å². The number of rotatable bonds is 3. The van der Waals surface area contributed by atoms with E-state index in [9.17, 15) is 13.2 Å². The van der Waals surface area contributed by atoms with Crippen LogP contribution in [0.1, 0.15) is 16.8 Å². The van der Waals surface area contributed by atoms with Gasteiger partial charge in [-0.25, -0.2) is 13.2 Å². The van der Waals surface area contributed by atoms with Gasteiger partial charge in [0.25, 0.3) is 0 Å². The van der Waals surface area contributed by atoms with Crippen LogP contribution in [0.4, 0.5) is 0 Å². The number of carboxylic acid groups (broad SMARTS) is 1. The van der Waals surface area contributed by atoms with Crippen molar-refractivity contribution in [2.45, 2.75) is 11.3 Å². The maximum atomic E-state index is 12.6. The molecule has 0 amide bonds. The average Bonchev–Trinajstić information content (AvgIpc) is 2.67. The predicted molar refractivity (Wildman–Crippen MR) is 81.8 cm³/mol. The zero-order valence-electron chi connectivity index (χ0n) is 10.6. The van der Waals surface area contributed by atoms with Crippen LogP contribution in [0, 0.1) is 0 Å². The molecule has 20 heavy (non-hydrogen) atoms. The molecule has 1 N–H and O–H groups in total. The van der Waals surface area contributed by atoms with Crippen molar-refractivity contribution in [3.63, 3.8) is 0 Å². The fourth-order valence-corrected chi connectivity index (χ4v) is 5.47. The lowest BCUT2D eigenvalue weighted by Gasteiger charge is -2.20. The number of halogens is 1. The maximum absolute atomic E-state index is 12.6. The molecule has 1 heterocycles. The Hall–Kier alpha value is -0.570. The van der Waals surface area contributed by atoms with Crippen molar-refractivity contribution in [3.05, 3.63) is 28.2 Å². The van der Waals surface area contributed by atoms with Crippen LogP contribution in [0.25, 0.3) is 0 Å². The Morgan fingerprint density at radius 3 is 2.70 bits per heavy atom. The molecule has 0 aromatic heterocycles. The number of hydrogen-bond donors (Lipinski definition) is 1. The fourth-order valence-electron chi connectivity index (χ4n) is 1.95. The SMILES string of the molecule is O=C(O)c1ccc(S(=O)(=O)N2CCCSCC2)c(Br)c1. The van der Waals surface area contributed by atoms with E-state index < -0.39 is 16.0 Å². The first-order valence-electron chi connectivity index (χ1n) is 6.03. The van der Waals surface area contributed by atoms with Crippen molar-refractivity contribution in [2.24, 2.45) is 0 Å². The van der Waals surface area contributed by atoms with Crippen LogP contribution in [0.15, 0.2) is 27.6 Å². The Morgan fingerprint density at radius 1 is 1.30 bits per heavy atom. The van der Waals surface area contributed by atoms with E-state index in [0.717, 1.165) is 17.9 Å². The summed E-state index contributed by atoms with van der Waals surface area (Å²) < 4.78 is 26.9. The lowest BCUT2D eigenvalue weighted by molar-refractivity contribution is 0.0696. The number of carboxylic acids is 1. The van der Waals surface area contributed by atoms with Crippen LogP contribution < -0.4 is 0 Å². The second-order valence-electron chi connectivity index (χ2n) is 4.32. The number of nitrogens with zero attached hydrogens (tertiary/aromatic N) is 1. The molecule has 5 nitrogen and oxygen atoms in total. The van der Waals surface area contributed by atoms with E-state index in [1.165, 1.54) is 22.5 Å². The summed E-state index contributed by atoms with van der Waals surface area (Å²) >= 11 is 4.91. The Bertz CT molecular complexity index is 610. The van der Waals surface area contributed by atoms with E-state index in [1.807, 2.05) is 0 Å². The summed E-state index contributed by atoms with van der Waals surface area (Å²) in [6, 6.07) is 3.98. The first kappa shape index (κ1) is 15.8. The summed E-state index contributed by atoms with van der Waals surface area (Å²) in [4.78, 5) is 11.0. The molecule has 1 fully saturated rings. The average molecular weight is 380 g/mol. The standard InChI is InChI=1S/C12H14BrNO4S2/c13-10-8-9(12(15)16)2-3-11(10)20(17,18)14-4-1-6-19-7-5-14/h2-3,8H,1,4-7H2,(H,15,16). The van der Waals surface area contributed by atoms with Gasteiger partial charge in [-0.05, 0) is 46.3 Å².